The molecular weight excluding hydrogens is 409 g/mol. The van der Waals surface area contributed by atoms with Crippen molar-refractivity contribution in [2.24, 2.45) is 0 Å². The number of anilines is 2. The van der Waals surface area contributed by atoms with Gasteiger partial charge in [-0.2, -0.15) is 4.09 Å². The Labute approximate surface area is 178 Å². The monoisotopic (exact) mass is 429 g/mol. The van der Waals surface area contributed by atoms with Crippen molar-refractivity contribution < 1.29 is 9.13 Å². The Kier molecular flexibility index (Phi) is 5.85. The number of ether oxygens (including phenoxy) is 1. The third-order valence-corrected chi connectivity index (χ3v) is 5.45. The van der Waals surface area contributed by atoms with Crippen LogP contribution in [-0.4, -0.2) is 40.3 Å². The minimum atomic E-state index is -0.537. The second kappa shape index (κ2) is 8.71. The molecule has 0 saturated carbocycles. The first kappa shape index (κ1) is 20.2. The van der Waals surface area contributed by atoms with E-state index in [4.69, 9.17) is 16.5 Å². The molecule has 0 atom stereocenters. The molecule has 0 unspecified atom stereocenters. The van der Waals surface area contributed by atoms with Crippen LogP contribution in [0.25, 0.3) is 11.3 Å². The highest BCUT2D eigenvalue weighted by Crippen LogP contribution is 2.25. The van der Waals surface area contributed by atoms with Crippen LogP contribution < -0.4 is 20.5 Å². The van der Waals surface area contributed by atoms with Gasteiger partial charge in [-0.1, -0.05) is 0 Å². The molecule has 4 rings (SSSR count). The normalized spacial score (nSPS) is 14.6. The molecule has 0 radical (unpaired) electrons. The number of nitrogens with one attached hydrogen (secondary N) is 1. The van der Waals surface area contributed by atoms with Gasteiger partial charge in [-0.15, -0.1) is 0 Å². The third kappa shape index (κ3) is 4.23. The highest BCUT2D eigenvalue weighted by molar-refractivity contribution is 6.16. The Hall–Kier alpha value is -3.13. The molecule has 3 aromatic rings. The minimum absolute atomic E-state index is 0.219. The van der Waals surface area contributed by atoms with Crippen LogP contribution in [0.3, 0.4) is 0 Å². The van der Waals surface area contributed by atoms with Gasteiger partial charge in [0.05, 0.1) is 19.0 Å². The van der Waals surface area contributed by atoms with Crippen LogP contribution in [0, 0.1) is 5.82 Å². The Morgan fingerprint density at radius 2 is 1.93 bits per heavy atom. The molecule has 1 saturated heterocycles. The standard InChI is InChI=1S/C21H21ClFN5O2/c1-30-16-4-2-14(3-5-16)25-15-7-10-27(11-8-15)21-26-19(12-20(29)28(21)22)17-6-9-24-13-18(17)23/h2-6,9,12-13,15,25H,7-8,10-11H2,1H3. The summed E-state index contributed by atoms with van der Waals surface area (Å²) in [5.41, 5.74) is 1.03. The number of methoxy groups -OCH3 is 1. The van der Waals surface area contributed by atoms with E-state index in [0.29, 0.717) is 19.0 Å². The lowest BCUT2D eigenvalue weighted by Crippen LogP contribution is -2.41. The summed E-state index contributed by atoms with van der Waals surface area (Å²) in [5.74, 6) is 0.593. The molecule has 1 fully saturated rings. The summed E-state index contributed by atoms with van der Waals surface area (Å²) < 4.78 is 20.3. The van der Waals surface area contributed by atoms with Gasteiger partial charge in [-0.05, 0) is 43.2 Å². The molecule has 1 aliphatic heterocycles. The summed E-state index contributed by atoms with van der Waals surface area (Å²) in [6.45, 7) is 1.32. The first-order chi connectivity index (χ1) is 14.5. The molecule has 1 aliphatic rings. The van der Waals surface area contributed by atoms with Gasteiger partial charge < -0.3 is 15.0 Å². The third-order valence-electron chi connectivity index (χ3n) is 5.14. The first-order valence-corrected chi connectivity index (χ1v) is 9.94. The minimum Gasteiger partial charge on any atom is -0.497 e. The number of nitrogens with zero attached hydrogens (tertiary/aromatic N) is 4. The molecule has 0 spiro atoms. The number of rotatable bonds is 5. The molecule has 7 nitrogen and oxygen atoms in total. The number of pyridine rings is 1. The second-order valence-corrected chi connectivity index (χ2v) is 7.39. The maximum Gasteiger partial charge on any atom is 0.270 e. The van der Waals surface area contributed by atoms with E-state index in [9.17, 15) is 9.18 Å². The van der Waals surface area contributed by atoms with Crippen molar-refractivity contribution in [3.05, 3.63) is 65.0 Å². The number of hydrogen-bond acceptors (Lipinski definition) is 6. The summed E-state index contributed by atoms with van der Waals surface area (Å²) in [4.78, 5) is 22.5. The summed E-state index contributed by atoms with van der Waals surface area (Å²) in [5, 5.41) is 3.51. The van der Waals surface area contributed by atoms with Gasteiger partial charge in [-0.3, -0.25) is 9.78 Å². The van der Waals surface area contributed by atoms with E-state index in [0.717, 1.165) is 34.6 Å². The summed E-state index contributed by atoms with van der Waals surface area (Å²) in [7, 11) is 1.64. The van der Waals surface area contributed by atoms with Gasteiger partial charge in [0.1, 0.15) is 5.75 Å². The molecule has 0 bridgehead atoms. The van der Waals surface area contributed by atoms with Crippen LogP contribution in [0.1, 0.15) is 12.8 Å². The topological polar surface area (TPSA) is 72.3 Å². The quantitative estimate of drug-likeness (QED) is 0.669. The Morgan fingerprint density at radius 3 is 2.60 bits per heavy atom. The van der Waals surface area contributed by atoms with E-state index >= 15 is 0 Å². The van der Waals surface area contributed by atoms with Crippen molar-refractivity contribution in [1.29, 1.82) is 0 Å². The Bertz CT molecular complexity index is 1080. The zero-order valence-electron chi connectivity index (χ0n) is 16.4. The van der Waals surface area contributed by atoms with Crippen molar-refractivity contribution in [2.75, 3.05) is 30.4 Å². The lowest BCUT2D eigenvalue weighted by Gasteiger charge is -2.33. The number of benzene rings is 1. The number of aromatic nitrogens is 3. The van der Waals surface area contributed by atoms with Crippen molar-refractivity contribution in [3.8, 4) is 17.0 Å². The molecule has 30 heavy (non-hydrogen) atoms. The van der Waals surface area contributed by atoms with Crippen LogP contribution in [0.4, 0.5) is 16.0 Å². The molecular formula is C21H21ClFN5O2. The molecule has 0 amide bonds. The van der Waals surface area contributed by atoms with Crippen molar-refractivity contribution in [3.63, 3.8) is 0 Å². The zero-order chi connectivity index (χ0) is 21.1. The fourth-order valence-corrected chi connectivity index (χ4v) is 3.71. The average Bonchev–Trinajstić information content (AvgIpc) is 2.77. The van der Waals surface area contributed by atoms with E-state index in [1.54, 1.807) is 7.11 Å². The van der Waals surface area contributed by atoms with Crippen LogP contribution in [-0.2, 0) is 0 Å². The number of hydrogen-bond donors (Lipinski definition) is 1. The summed E-state index contributed by atoms with van der Waals surface area (Å²) >= 11 is 6.19. The predicted octanol–water partition coefficient (Wildman–Crippen LogP) is 3.54. The lowest BCUT2D eigenvalue weighted by atomic mass is 10.0. The van der Waals surface area contributed by atoms with Gasteiger partial charge >= 0.3 is 0 Å². The fraction of sp³-hybridized carbons (Fsp3) is 0.286. The van der Waals surface area contributed by atoms with E-state index < -0.39 is 11.4 Å². The first-order valence-electron chi connectivity index (χ1n) is 9.61. The van der Waals surface area contributed by atoms with Crippen molar-refractivity contribution >= 4 is 23.4 Å². The van der Waals surface area contributed by atoms with E-state index in [1.165, 1.54) is 18.3 Å². The molecule has 1 aromatic carbocycles. The van der Waals surface area contributed by atoms with Gasteiger partial charge in [0, 0.05) is 54.4 Å². The van der Waals surface area contributed by atoms with Crippen molar-refractivity contribution in [1.82, 2.24) is 14.1 Å². The molecule has 0 aliphatic carbocycles. The highest BCUT2D eigenvalue weighted by atomic mass is 35.5. The zero-order valence-corrected chi connectivity index (χ0v) is 17.1. The predicted molar refractivity (Wildman–Crippen MR) is 115 cm³/mol. The molecule has 9 heteroatoms. The summed E-state index contributed by atoms with van der Waals surface area (Å²) in [6.07, 6.45) is 4.24. The highest BCUT2D eigenvalue weighted by Gasteiger charge is 2.23. The van der Waals surface area contributed by atoms with Gasteiger partial charge in [0.2, 0.25) is 5.95 Å². The fourth-order valence-electron chi connectivity index (χ4n) is 3.52. The van der Waals surface area contributed by atoms with Gasteiger partial charge in [0.25, 0.3) is 5.56 Å². The molecule has 2 aromatic heterocycles. The van der Waals surface area contributed by atoms with Crippen LogP contribution >= 0.6 is 11.8 Å². The van der Waals surface area contributed by atoms with Crippen LogP contribution in [0.2, 0.25) is 0 Å². The molecule has 156 valence electrons. The maximum absolute atomic E-state index is 14.1. The van der Waals surface area contributed by atoms with E-state index in [-0.39, 0.29) is 17.3 Å². The van der Waals surface area contributed by atoms with Crippen LogP contribution in [0.5, 0.6) is 5.75 Å². The number of halogens is 2. The van der Waals surface area contributed by atoms with Crippen LogP contribution in [0.15, 0.2) is 53.6 Å². The second-order valence-electron chi connectivity index (χ2n) is 7.05. The SMILES string of the molecule is COc1ccc(NC2CCN(c3nc(-c4ccncc4F)cc(=O)n3Cl)CC2)cc1. The smallest absolute Gasteiger partial charge is 0.270 e. The van der Waals surface area contributed by atoms with Crippen molar-refractivity contribution in [2.45, 2.75) is 18.9 Å². The summed E-state index contributed by atoms with van der Waals surface area (Å²) in [6, 6.07) is 10.8. The van der Waals surface area contributed by atoms with E-state index in [1.807, 2.05) is 29.2 Å². The number of piperidine rings is 1. The lowest BCUT2D eigenvalue weighted by molar-refractivity contribution is 0.415. The maximum atomic E-state index is 14.1. The Morgan fingerprint density at radius 1 is 1.20 bits per heavy atom. The largest absolute Gasteiger partial charge is 0.497 e. The molecule has 1 N–H and O–H groups in total. The van der Waals surface area contributed by atoms with Gasteiger partial charge in [0.15, 0.2) is 5.82 Å². The molecule has 3 heterocycles. The Balaban J connectivity index is 1.49. The van der Waals surface area contributed by atoms with E-state index in [2.05, 4.69) is 15.3 Å². The van der Waals surface area contributed by atoms with Gasteiger partial charge in [-0.25, -0.2) is 9.37 Å². The average molecular weight is 430 g/mol.